The van der Waals surface area contributed by atoms with Gasteiger partial charge in [-0.05, 0) is 81.7 Å². The second kappa shape index (κ2) is 14.1. The van der Waals surface area contributed by atoms with E-state index >= 15 is 0 Å². The molecule has 0 fully saturated rings. The number of ether oxygens (including phenoxy) is 3. The lowest BCUT2D eigenvalue weighted by molar-refractivity contribution is 0.185. The van der Waals surface area contributed by atoms with Crippen LogP contribution in [0.5, 0.6) is 23.0 Å². The molecular formula is C29H32B2N2O7. The van der Waals surface area contributed by atoms with E-state index < -0.39 is 14.2 Å². The molecule has 11 heteroatoms. The van der Waals surface area contributed by atoms with Crippen LogP contribution in [0, 0.1) is 0 Å². The third-order valence-electron chi connectivity index (χ3n) is 6.28. The molecule has 0 heterocycles. The van der Waals surface area contributed by atoms with Crippen LogP contribution in [0.2, 0.25) is 0 Å². The van der Waals surface area contributed by atoms with E-state index in [1.165, 1.54) is 7.11 Å². The molecule has 0 aliphatic rings. The Bertz CT molecular complexity index is 1390. The Morgan fingerprint density at radius 3 is 1.48 bits per heavy atom. The number of aliphatic hydroxyl groups excluding tert-OH is 1. The number of hydrogen-bond donors (Lipinski definition) is 5. The van der Waals surface area contributed by atoms with E-state index in [0.717, 1.165) is 11.1 Å². The largest absolute Gasteiger partial charge is 0.478 e. The summed E-state index contributed by atoms with van der Waals surface area (Å²) in [6.07, 6.45) is 0. The third kappa shape index (κ3) is 7.50. The first kappa shape index (κ1) is 29.3. The maximum atomic E-state index is 11.0. The zero-order valence-electron chi connectivity index (χ0n) is 22.2. The molecule has 4 rings (SSSR count). The fraction of sp³-hybridized carbons (Fsp3) is 0.172. The van der Waals surface area contributed by atoms with Gasteiger partial charge in [-0.1, -0.05) is 36.4 Å². The Hall–Kier alpha value is -3.67. The van der Waals surface area contributed by atoms with Crippen molar-refractivity contribution in [3.63, 3.8) is 0 Å². The highest BCUT2D eigenvalue weighted by molar-refractivity contribution is 6.73. The number of methoxy groups -OCH3 is 1. The lowest BCUT2D eigenvalue weighted by atomic mass is 9.68. The van der Waals surface area contributed by atoms with Gasteiger partial charge in [0.1, 0.15) is 23.0 Å². The van der Waals surface area contributed by atoms with Gasteiger partial charge in [-0.15, -0.1) is 0 Å². The van der Waals surface area contributed by atoms with Crippen molar-refractivity contribution < 1.29 is 33.9 Å². The molecule has 0 bridgehead atoms. The quantitative estimate of drug-likeness (QED) is 0.160. The van der Waals surface area contributed by atoms with Crippen molar-refractivity contribution >= 4 is 25.2 Å². The fourth-order valence-electron chi connectivity index (χ4n) is 4.09. The Morgan fingerprint density at radius 2 is 1.05 bits per heavy atom. The average molecular weight is 542 g/mol. The second-order valence-electron chi connectivity index (χ2n) is 9.05. The van der Waals surface area contributed by atoms with Crippen LogP contribution >= 0.6 is 0 Å². The molecular weight excluding hydrogens is 510 g/mol. The zero-order chi connectivity index (χ0) is 28.5. The highest BCUT2D eigenvalue weighted by Crippen LogP contribution is 2.23. The summed E-state index contributed by atoms with van der Waals surface area (Å²) in [4.78, 5) is 0. The van der Waals surface area contributed by atoms with Gasteiger partial charge in [-0.25, -0.2) is 0 Å². The van der Waals surface area contributed by atoms with Gasteiger partial charge in [-0.3, -0.25) is 0 Å². The molecule has 0 amide bonds. The predicted molar refractivity (Wildman–Crippen MR) is 155 cm³/mol. The number of rotatable bonds is 13. The third-order valence-corrected chi connectivity index (χ3v) is 6.28. The van der Waals surface area contributed by atoms with Gasteiger partial charge >= 0.3 is 14.2 Å². The van der Waals surface area contributed by atoms with Gasteiger partial charge in [0, 0.05) is 20.2 Å². The summed E-state index contributed by atoms with van der Waals surface area (Å²) < 4.78 is 22.8. The van der Waals surface area contributed by atoms with Crippen LogP contribution in [0.25, 0.3) is 0 Å². The average Bonchev–Trinajstić information content (AvgIpc) is 2.98. The Labute approximate surface area is 234 Å². The van der Waals surface area contributed by atoms with Crippen LogP contribution in [0.15, 0.2) is 84.9 Å². The van der Waals surface area contributed by atoms with Crippen molar-refractivity contribution in [3.8, 4) is 23.0 Å². The van der Waals surface area contributed by atoms with E-state index in [-0.39, 0.29) is 18.7 Å². The first-order chi connectivity index (χ1) is 19.4. The van der Waals surface area contributed by atoms with Gasteiger partial charge < -0.3 is 45.4 Å². The molecule has 0 atom stereocenters. The minimum absolute atomic E-state index is 0.200. The van der Waals surface area contributed by atoms with E-state index in [0.29, 0.717) is 52.7 Å². The summed E-state index contributed by atoms with van der Waals surface area (Å²) in [6.45, 7) is 0.700. The smallest absolute Gasteiger partial charge is 0.457 e. The van der Waals surface area contributed by atoms with Gasteiger partial charge in [0.2, 0.25) is 0 Å². The monoisotopic (exact) mass is 542 g/mol. The first-order valence-corrected chi connectivity index (χ1v) is 12.7. The highest BCUT2D eigenvalue weighted by atomic mass is 16.5. The van der Waals surface area contributed by atoms with Crippen LogP contribution in [-0.4, -0.2) is 36.5 Å². The first-order valence-electron chi connectivity index (χ1n) is 12.7. The van der Waals surface area contributed by atoms with E-state index in [9.17, 15) is 15.2 Å². The van der Waals surface area contributed by atoms with Crippen molar-refractivity contribution in [3.05, 3.63) is 107 Å². The number of nitrogens with two attached hydrogens (primary N) is 2. The van der Waals surface area contributed by atoms with E-state index in [1.807, 2.05) is 24.3 Å². The van der Waals surface area contributed by atoms with Crippen molar-refractivity contribution in [2.75, 3.05) is 7.11 Å². The van der Waals surface area contributed by atoms with Gasteiger partial charge in [0.15, 0.2) is 0 Å². The van der Waals surface area contributed by atoms with Crippen LogP contribution in [-0.2, 0) is 35.6 Å². The maximum Gasteiger partial charge on any atom is 0.478 e. The van der Waals surface area contributed by atoms with Crippen LogP contribution in [0.4, 0.5) is 0 Å². The van der Waals surface area contributed by atoms with E-state index in [1.54, 1.807) is 60.7 Å². The molecule has 0 saturated heterocycles. The van der Waals surface area contributed by atoms with Crippen LogP contribution in [0.1, 0.15) is 22.3 Å². The molecule has 0 aliphatic heterocycles. The zero-order valence-corrected chi connectivity index (χ0v) is 22.2. The molecule has 0 unspecified atom stereocenters. The number of aliphatic hydroxyl groups is 1. The van der Waals surface area contributed by atoms with Gasteiger partial charge in [0.25, 0.3) is 0 Å². The molecule has 40 heavy (non-hydrogen) atoms. The standard InChI is InChI=1S/C29H32B2N2O7/c1-37-19-23-7-13-27(39-25-10-4-21(17-33)5-11-25)15-29(23)31(36)40-30(35)28-14-26(12-6-22(28)18-34)38-24-8-2-20(16-32)3-9-24/h2-15,34-36H,16-19,32-33H2,1H3. The normalized spacial score (nSPS) is 10.8. The summed E-state index contributed by atoms with van der Waals surface area (Å²) in [5.74, 6) is 2.05. The molecule has 7 N–H and O–H groups in total. The molecule has 206 valence electrons. The number of benzene rings is 4. The summed E-state index contributed by atoms with van der Waals surface area (Å²) in [7, 11) is -1.58. The fourth-order valence-corrected chi connectivity index (χ4v) is 4.09. The molecule has 0 radical (unpaired) electrons. The minimum atomic E-state index is -1.58. The molecule has 0 aromatic heterocycles. The van der Waals surface area contributed by atoms with Crippen molar-refractivity contribution in [1.29, 1.82) is 0 Å². The number of hydrogen-bond acceptors (Lipinski definition) is 9. The van der Waals surface area contributed by atoms with E-state index in [4.69, 9.17) is 30.2 Å². The molecule has 4 aromatic carbocycles. The summed E-state index contributed by atoms with van der Waals surface area (Å²) in [6, 6.07) is 24.6. The summed E-state index contributed by atoms with van der Waals surface area (Å²) >= 11 is 0. The lowest BCUT2D eigenvalue weighted by Crippen LogP contribution is -2.47. The Balaban J connectivity index is 1.54. The molecule has 0 saturated carbocycles. The topological polar surface area (TPSA) is 150 Å². The maximum absolute atomic E-state index is 11.0. The Kier molecular flexibility index (Phi) is 10.3. The van der Waals surface area contributed by atoms with E-state index in [2.05, 4.69) is 0 Å². The molecule has 9 nitrogen and oxygen atoms in total. The minimum Gasteiger partial charge on any atom is -0.457 e. The van der Waals surface area contributed by atoms with Crippen LogP contribution < -0.4 is 31.9 Å². The van der Waals surface area contributed by atoms with Gasteiger partial charge in [-0.2, -0.15) is 0 Å². The van der Waals surface area contributed by atoms with Crippen LogP contribution in [0.3, 0.4) is 0 Å². The van der Waals surface area contributed by atoms with Crippen molar-refractivity contribution in [2.45, 2.75) is 26.3 Å². The molecule has 0 spiro atoms. The molecule has 0 aliphatic carbocycles. The Morgan fingerprint density at radius 1 is 0.625 bits per heavy atom. The molecule has 4 aromatic rings. The lowest BCUT2D eigenvalue weighted by Gasteiger charge is -2.18. The highest BCUT2D eigenvalue weighted by Gasteiger charge is 2.30. The summed E-state index contributed by atoms with van der Waals surface area (Å²) in [5, 5.41) is 31.8. The summed E-state index contributed by atoms with van der Waals surface area (Å²) in [5.41, 5.74) is 14.9. The van der Waals surface area contributed by atoms with Gasteiger partial charge in [0.05, 0.1) is 13.2 Å². The predicted octanol–water partition coefficient (Wildman–Crippen LogP) is 1.92. The van der Waals surface area contributed by atoms with Crippen molar-refractivity contribution in [1.82, 2.24) is 0 Å². The SMILES string of the molecule is COCc1ccc(Oc2ccc(CN)cc2)cc1B(O)OB(O)c1cc(Oc2ccc(CN)cc2)ccc1CO. The van der Waals surface area contributed by atoms with Crippen molar-refractivity contribution in [2.24, 2.45) is 11.5 Å². The second-order valence-corrected chi connectivity index (χ2v) is 9.05.